The molecule has 0 bridgehead atoms. The average molecular weight is 228 g/mol. The van der Waals surface area contributed by atoms with Crippen molar-refractivity contribution in [3.05, 3.63) is 35.4 Å². The Morgan fingerprint density at radius 2 is 1.88 bits per heavy atom. The monoisotopic (exact) mass is 228 g/mol. The quantitative estimate of drug-likeness (QED) is 0.812. The van der Waals surface area contributed by atoms with Crippen molar-refractivity contribution in [3.8, 4) is 0 Å². The second-order valence-corrected chi connectivity index (χ2v) is 4.51. The fourth-order valence-corrected chi connectivity index (χ4v) is 1.64. The lowest BCUT2D eigenvalue weighted by Gasteiger charge is -2.12. The molecule has 1 rings (SSSR count). The maximum absolute atomic E-state index is 13.3. The van der Waals surface area contributed by atoms with Crippen LogP contribution in [-0.4, -0.2) is 5.11 Å². The predicted octanol–water partition coefficient (Wildman–Crippen LogP) is 3.82. The molecule has 90 valence electrons. The Morgan fingerprint density at radius 1 is 1.19 bits per heavy atom. The van der Waals surface area contributed by atoms with Crippen molar-refractivity contribution in [2.75, 3.05) is 0 Å². The molecule has 0 amide bonds. The van der Waals surface area contributed by atoms with Crippen LogP contribution in [0.15, 0.2) is 18.2 Å². The van der Waals surface area contributed by atoms with Crippen molar-refractivity contribution >= 4 is 0 Å². The molecule has 1 unspecified atom stereocenters. The minimum absolute atomic E-state index is 0.0590. The number of rotatable bonds is 5. The molecule has 1 N–H and O–H groups in total. The Balaban J connectivity index is 2.58. The third-order valence-corrected chi connectivity index (χ3v) is 2.58. The van der Waals surface area contributed by atoms with E-state index in [4.69, 9.17) is 0 Å². The topological polar surface area (TPSA) is 20.2 Å². The Kier molecular flexibility index (Phi) is 4.87. The molecule has 1 nitrogen and oxygen atoms in total. The van der Waals surface area contributed by atoms with Crippen molar-refractivity contribution in [1.82, 2.24) is 0 Å². The van der Waals surface area contributed by atoms with Gasteiger partial charge >= 0.3 is 0 Å². The van der Waals surface area contributed by atoms with E-state index in [1.165, 1.54) is 0 Å². The summed E-state index contributed by atoms with van der Waals surface area (Å²) in [6.07, 6.45) is 1.36. The molecule has 1 aromatic carbocycles. The number of aliphatic hydroxyl groups is 1. The summed E-state index contributed by atoms with van der Waals surface area (Å²) in [6.45, 7) is 4.18. The molecule has 0 aliphatic rings. The standard InChI is InChI=1S/C13H18F2O/c1-9(2)4-3-5-13(16)11-8-10(14)6-7-12(11)15/h6-9,13,16H,3-5H2,1-2H3. The number of hydrogen-bond donors (Lipinski definition) is 1. The first kappa shape index (κ1) is 13.1. The van der Waals surface area contributed by atoms with Gasteiger partial charge in [-0.2, -0.15) is 0 Å². The van der Waals surface area contributed by atoms with Crippen LogP contribution in [0.5, 0.6) is 0 Å². The second kappa shape index (κ2) is 5.94. The highest BCUT2D eigenvalue weighted by atomic mass is 19.1. The van der Waals surface area contributed by atoms with E-state index in [0.29, 0.717) is 12.3 Å². The molecule has 0 fully saturated rings. The molecular formula is C13H18F2O. The summed E-state index contributed by atoms with van der Waals surface area (Å²) in [6, 6.07) is 3.17. The lowest BCUT2D eigenvalue weighted by atomic mass is 10.00. The molecule has 3 heteroatoms. The first-order valence-electron chi connectivity index (χ1n) is 5.63. The van der Waals surface area contributed by atoms with Gasteiger partial charge in [-0.3, -0.25) is 0 Å². The highest BCUT2D eigenvalue weighted by Crippen LogP contribution is 2.23. The van der Waals surface area contributed by atoms with E-state index in [0.717, 1.165) is 31.0 Å². The third-order valence-electron chi connectivity index (χ3n) is 2.58. The molecular weight excluding hydrogens is 210 g/mol. The zero-order valence-electron chi connectivity index (χ0n) is 9.71. The van der Waals surface area contributed by atoms with Crippen LogP contribution in [0.25, 0.3) is 0 Å². The van der Waals surface area contributed by atoms with Gasteiger partial charge in [0, 0.05) is 5.56 Å². The predicted molar refractivity (Wildman–Crippen MR) is 60.0 cm³/mol. The molecule has 0 aromatic heterocycles. The van der Waals surface area contributed by atoms with Crippen molar-refractivity contribution < 1.29 is 13.9 Å². The van der Waals surface area contributed by atoms with Gasteiger partial charge < -0.3 is 5.11 Å². The van der Waals surface area contributed by atoms with Crippen LogP contribution in [0.4, 0.5) is 8.78 Å². The highest BCUT2D eigenvalue weighted by molar-refractivity contribution is 5.20. The number of benzene rings is 1. The zero-order valence-corrected chi connectivity index (χ0v) is 9.71. The summed E-state index contributed by atoms with van der Waals surface area (Å²) < 4.78 is 26.2. The molecule has 0 aliphatic heterocycles. The first-order valence-corrected chi connectivity index (χ1v) is 5.63. The molecule has 0 spiro atoms. The number of halogens is 2. The average Bonchev–Trinajstić information content (AvgIpc) is 2.21. The molecule has 0 aliphatic carbocycles. The van der Waals surface area contributed by atoms with Gasteiger partial charge in [-0.05, 0) is 30.5 Å². The second-order valence-electron chi connectivity index (χ2n) is 4.51. The lowest BCUT2D eigenvalue weighted by Crippen LogP contribution is -2.02. The van der Waals surface area contributed by atoms with Gasteiger partial charge in [0.05, 0.1) is 6.10 Å². The van der Waals surface area contributed by atoms with E-state index in [-0.39, 0.29) is 5.56 Å². The normalized spacial score (nSPS) is 13.1. The van der Waals surface area contributed by atoms with E-state index in [2.05, 4.69) is 13.8 Å². The third kappa shape index (κ3) is 3.89. The summed E-state index contributed by atoms with van der Waals surface area (Å²) in [4.78, 5) is 0. The van der Waals surface area contributed by atoms with Crippen molar-refractivity contribution in [1.29, 1.82) is 0 Å². The summed E-state index contributed by atoms with van der Waals surface area (Å²) in [7, 11) is 0. The van der Waals surface area contributed by atoms with Crippen LogP contribution in [-0.2, 0) is 0 Å². The van der Waals surface area contributed by atoms with Gasteiger partial charge in [-0.15, -0.1) is 0 Å². The first-order chi connectivity index (χ1) is 7.50. The minimum atomic E-state index is -0.908. The molecule has 0 saturated heterocycles. The molecule has 0 heterocycles. The Bertz CT molecular complexity index is 337. The van der Waals surface area contributed by atoms with E-state index < -0.39 is 17.7 Å². The fourth-order valence-electron chi connectivity index (χ4n) is 1.64. The minimum Gasteiger partial charge on any atom is -0.388 e. The molecule has 0 radical (unpaired) electrons. The molecule has 1 aromatic rings. The van der Waals surface area contributed by atoms with E-state index in [1.807, 2.05) is 0 Å². The highest BCUT2D eigenvalue weighted by Gasteiger charge is 2.13. The van der Waals surface area contributed by atoms with Gasteiger partial charge in [0.2, 0.25) is 0 Å². The Hall–Kier alpha value is -0.960. The summed E-state index contributed by atoms with van der Waals surface area (Å²) in [5, 5.41) is 9.73. The van der Waals surface area contributed by atoms with Gasteiger partial charge in [-0.1, -0.05) is 26.7 Å². The number of hydrogen-bond acceptors (Lipinski definition) is 1. The Labute approximate surface area is 95.1 Å². The van der Waals surface area contributed by atoms with Gasteiger partial charge in [0.1, 0.15) is 11.6 Å². The van der Waals surface area contributed by atoms with Gasteiger partial charge in [0.25, 0.3) is 0 Å². The van der Waals surface area contributed by atoms with Crippen molar-refractivity contribution in [3.63, 3.8) is 0 Å². The maximum atomic E-state index is 13.3. The van der Waals surface area contributed by atoms with E-state index >= 15 is 0 Å². The van der Waals surface area contributed by atoms with Crippen LogP contribution in [0, 0.1) is 17.6 Å². The zero-order chi connectivity index (χ0) is 12.1. The molecule has 1 atom stereocenters. The van der Waals surface area contributed by atoms with Crippen LogP contribution in [0.1, 0.15) is 44.8 Å². The van der Waals surface area contributed by atoms with Gasteiger partial charge in [0.15, 0.2) is 0 Å². The number of aliphatic hydroxyl groups excluding tert-OH is 1. The maximum Gasteiger partial charge on any atom is 0.129 e. The Morgan fingerprint density at radius 3 is 2.50 bits per heavy atom. The summed E-state index contributed by atoms with van der Waals surface area (Å²) in [5.74, 6) is -0.498. The van der Waals surface area contributed by atoms with Gasteiger partial charge in [-0.25, -0.2) is 8.78 Å². The van der Waals surface area contributed by atoms with Crippen molar-refractivity contribution in [2.45, 2.75) is 39.2 Å². The van der Waals surface area contributed by atoms with Crippen LogP contribution in [0.2, 0.25) is 0 Å². The molecule has 0 saturated carbocycles. The molecule has 16 heavy (non-hydrogen) atoms. The van der Waals surface area contributed by atoms with Crippen molar-refractivity contribution in [2.24, 2.45) is 5.92 Å². The fraction of sp³-hybridized carbons (Fsp3) is 0.538. The van der Waals surface area contributed by atoms with E-state index in [9.17, 15) is 13.9 Å². The van der Waals surface area contributed by atoms with Crippen LogP contribution in [0.3, 0.4) is 0 Å². The van der Waals surface area contributed by atoms with E-state index in [1.54, 1.807) is 0 Å². The smallest absolute Gasteiger partial charge is 0.129 e. The summed E-state index contributed by atoms with van der Waals surface area (Å²) >= 11 is 0. The van der Waals surface area contributed by atoms with Crippen LogP contribution < -0.4 is 0 Å². The summed E-state index contributed by atoms with van der Waals surface area (Å²) in [5.41, 5.74) is 0.0590. The van der Waals surface area contributed by atoms with Crippen LogP contribution >= 0.6 is 0 Å². The largest absolute Gasteiger partial charge is 0.388 e. The SMILES string of the molecule is CC(C)CCCC(O)c1cc(F)ccc1F. The lowest BCUT2D eigenvalue weighted by molar-refractivity contribution is 0.157.